The minimum atomic E-state index is -0.556. The number of nitriles is 1. The standard InChI is InChI=1S/C25H26BrN3O4/c1-25(2,3)33-24(31)29(4)14-15-6-8-16(9-7-15)22-18(10-11-27)21-19(23(30)32-5)12-17(26)13-20(21)28-22/h6-9,12-13,28H,10,14H2,1-5H3. The molecular formula is C25H26BrN3O4. The van der Waals surface area contributed by atoms with Crippen LogP contribution in [0.5, 0.6) is 0 Å². The molecule has 3 aromatic rings. The normalized spacial score (nSPS) is 11.2. The van der Waals surface area contributed by atoms with E-state index in [9.17, 15) is 14.9 Å². The van der Waals surface area contributed by atoms with Crippen LogP contribution in [0.4, 0.5) is 4.79 Å². The Morgan fingerprint density at radius 1 is 1.18 bits per heavy atom. The molecule has 0 unspecified atom stereocenters. The summed E-state index contributed by atoms with van der Waals surface area (Å²) in [5.74, 6) is -0.466. The number of H-pyrrole nitrogens is 1. The van der Waals surface area contributed by atoms with Gasteiger partial charge >= 0.3 is 12.1 Å². The third-order valence-electron chi connectivity index (χ3n) is 5.00. The summed E-state index contributed by atoms with van der Waals surface area (Å²) in [6.07, 6.45) is -0.260. The van der Waals surface area contributed by atoms with E-state index in [0.29, 0.717) is 17.5 Å². The van der Waals surface area contributed by atoms with Gasteiger partial charge in [-0.25, -0.2) is 9.59 Å². The maximum absolute atomic E-state index is 12.4. The number of nitrogens with zero attached hydrogens (tertiary/aromatic N) is 2. The van der Waals surface area contributed by atoms with E-state index in [2.05, 4.69) is 27.0 Å². The first-order valence-electron chi connectivity index (χ1n) is 10.4. The van der Waals surface area contributed by atoms with Crippen molar-refractivity contribution in [3.63, 3.8) is 0 Å². The molecule has 1 amide bonds. The van der Waals surface area contributed by atoms with Crippen LogP contribution in [0.1, 0.15) is 42.3 Å². The number of esters is 1. The summed E-state index contributed by atoms with van der Waals surface area (Å²) in [6.45, 7) is 5.89. The lowest BCUT2D eigenvalue weighted by molar-refractivity contribution is 0.0285. The van der Waals surface area contributed by atoms with Crippen LogP contribution in [0.2, 0.25) is 0 Å². The first-order chi connectivity index (χ1) is 15.5. The van der Waals surface area contributed by atoms with Gasteiger partial charge in [-0.1, -0.05) is 40.2 Å². The number of carbonyl (C=O) groups is 2. The van der Waals surface area contributed by atoms with Gasteiger partial charge in [0.25, 0.3) is 0 Å². The van der Waals surface area contributed by atoms with Crippen LogP contribution >= 0.6 is 15.9 Å². The van der Waals surface area contributed by atoms with Gasteiger partial charge < -0.3 is 19.4 Å². The van der Waals surface area contributed by atoms with Crippen molar-refractivity contribution in [3.8, 4) is 17.3 Å². The van der Waals surface area contributed by atoms with E-state index < -0.39 is 11.6 Å². The topological polar surface area (TPSA) is 95.4 Å². The van der Waals surface area contributed by atoms with Crippen LogP contribution in [-0.2, 0) is 22.4 Å². The number of aromatic amines is 1. The molecule has 8 heteroatoms. The van der Waals surface area contributed by atoms with E-state index in [0.717, 1.165) is 32.4 Å². The molecule has 0 bridgehead atoms. The molecule has 0 atom stereocenters. The van der Waals surface area contributed by atoms with Crippen LogP contribution in [-0.4, -0.2) is 41.7 Å². The van der Waals surface area contributed by atoms with Crippen molar-refractivity contribution < 1.29 is 19.1 Å². The Balaban J connectivity index is 1.97. The molecule has 0 saturated heterocycles. The van der Waals surface area contributed by atoms with E-state index in [1.54, 1.807) is 13.1 Å². The predicted octanol–water partition coefficient (Wildman–Crippen LogP) is 5.82. The Bertz CT molecular complexity index is 1230. The highest BCUT2D eigenvalue weighted by atomic mass is 79.9. The Labute approximate surface area is 201 Å². The number of hydrogen-bond acceptors (Lipinski definition) is 5. The monoisotopic (exact) mass is 511 g/mol. The minimum Gasteiger partial charge on any atom is -0.465 e. The molecular weight excluding hydrogens is 486 g/mol. The molecule has 7 nitrogen and oxygen atoms in total. The molecule has 1 N–H and O–H groups in total. The number of methoxy groups -OCH3 is 1. The highest BCUT2D eigenvalue weighted by molar-refractivity contribution is 9.10. The number of amides is 1. The molecule has 3 rings (SSSR count). The summed E-state index contributed by atoms with van der Waals surface area (Å²) in [5, 5.41) is 10.1. The predicted molar refractivity (Wildman–Crippen MR) is 130 cm³/mol. The molecule has 0 radical (unpaired) electrons. The number of carbonyl (C=O) groups excluding carboxylic acids is 2. The molecule has 0 aliphatic carbocycles. The van der Waals surface area contributed by atoms with Crippen molar-refractivity contribution in [2.24, 2.45) is 0 Å². The zero-order chi connectivity index (χ0) is 24.3. The van der Waals surface area contributed by atoms with E-state index in [4.69, 9.17) is 9.47 Å². The highest BCUT2D eigenvalue weighted by Crippen LogP contribution is 2.35. The lowest BCUT2D eigenvalue weighted by Crippen LogP contribution is -2.33. The summed E-state index contributed by atoms with van der Waals surface area (Å²) >= 11 is 3.44. The summed E-state index contributed by atoms with van der Waals surface area (Å²) < 4.78 is 11.1. The van der Waals surface area contributed by atoms with Crippen molar-refractivity contribution in [1.82, 2.24) is 9.88 Å². The molecule has 0 spiro atoms. The second-order valence-electron chi connectivity index (χ2n) is 8.71. The summed E-state index contributed by atoms with van der Waals surface area (Å²) in [6, 6.07) is 13.5. The molecule has 0 aliphatic rings. The number of aromatic nitrogens is 1. The van der Waals surface area contributed by atoms with Crippen molar-refractivity contribution in [1.29, 1.82) is 5.26 Å². The number of nitrogens with one attached hydrogen (secondary N) is 1. The quantitative estimate of drug-likeness (QED) is 0.435. The lowest BCUT2D eigenvalue weighted by atomic mass is 9.99. The van der Waals surface area contributed by atoms with E-state index >= 15 is 0 Å². The molecule has 172 valence electrons. The van der Waals surface area contributed by atoms with Crippen LogP contribution in [0, 0.1) is 11.3 Å². The fourth-order valence-electron chi connectivity index (χ4n) is 3.59. The summed E-state index contributed by atoms with van der Waals surface area (Å²) in [4.78, 5) is 29.5. The molecule has 2 aromatic carbocycles. The van der Waals surface area contributed by atoms with Gasteiger partial charge in [0.2, 0.25) is 0 Å². The van der Waals surface area contributed by atoms with Crippen molar-refractivity contribution in [2.75, 3.05) is 14.2 Å². The average Bonchev–Trinajstić information content (AvgIpc) is 3.10. The number of hydrogen-bond donors (Lipinski definition) is 1. The number of fused-ring (bicyclic) bond motifs is 1. The van der Waals surface area contributed by atoms with Crippen molar-refractivity contribution in [2.45, 2.75) is 39.3 Å². The van der Waals surface area contributed by atoms with Crippen LogP contribution in [0.15, 0.2) is 40.9 Å². The van der Waals surface area contributed by atoms with Crippen LogP contribution in [0.25, 0.3) is 22.2 Å². The summed E-state index contributed by atoms with van der Waals surface area (Å²) in [5.41, 5.74) is 3.87. The molecule has 1 heterocycles. The first kappa shape index (κ1) is 24.3. The highest BCUT2D eigenvalue weighted by Gasteiger charge is 2.22. The van der Waals surface area contributed by atoms with Crippen molar-refractivity contribution in [3.05, 3.63) is 57.6 Å². The maximum Gasteiger partial charge on any atom is 0.410 e. The molecule has 0 aliphatic heterocycles. The van der Waals surface area contributed by atoms with Gasteiger partial charge in [-0.2, -0.15) is 5.26 Å². The second-order valence-corrected chi connectivity index (χ2v) is 9.63. The molecule has 33 heavy (non-hydrogen) atoms. The number of rotatable bonds is 5. The Hall–Kier alpha value is -3.31. The SMILES string of the molecule is COC(=O)c1cc(Br)cc2[nH]c(-c3ccc(CN(C)C(=O)OC(C)(C)C)cc3)c(CC#N)c12. The van der Waals surface area contributed by atoms with Crippen molar-refractivity contribution >= 4 is 38.9 Å². The largest absolute Gasteiger partial charge is 0.465 e. The zero-order valence-electron chi connectivity index (χ0n) is 19.3. The van der Waals surface area contributed by atoms with E-state index in [1.807, 2.05) is 51.1 Å². The van der Waals surface area contributed by atoms with E-state index in [-0.39, 0.29) is 12.5 Å². The maximum atomic E-state index is 12.4. The average molecular weight is 512 g/mol. The molecule has 1 aromatic heterocycles. The Morgan fingerprint density at radius 3 is 2.42 bits per heavy atom. The fourth-order valence-corrected chi connectivity index (χ4v) is 4.05. The van der Waals surface area contributed by atoms with Gasteiger partial charge in [-0.05, 0) is 44.0 Å². The zero-order valence-corrected chi connectivity index (χ0v) is 20.9. The lowest BCUT2D eigenvalue weighted by Gasteiger charge is -2.24. The minimum absolute atomic E-state index is 0.129. The van der Waals surface area contributed by atoms with Gasteiger partial charge in [0.1, 0.15) is 5.60 Å². The third-order valence-corrected chi connectivity index (χ3v) is 5.45. The Morgan fingerprint density at radius 2 is 1.85 bits per heavy atom. The van der Waals surface area contributed by atoms with E-state index in [1.165, 1.54) is 12.0 Å². The Kier molecular flexibility index (Phi) is 7.13. The van der Waals surface area contributed by atoms with Crippen LogP contribution in [0.3, 0.4) is 0 Å². The molecule has 0 saturated carbocycles. The van der Waals surface area contributed by atoms with Crippen LogP contribution < -0.4 is 0 Å². The van der Waals surface area contributed by atoms with Gasteiger partial charge in [0.15, 0.2) is 0 Å². The van der Waals surface area contributed by atoms with Gasteiger partial charge in [-0.15, -0.1) is 0 Å². The fraction of sp³-hybridized carbons (Fsp3) is 0.320. The van der Waals surface area contributed by atoms with Gasteiger partial charge in [-0.3, -0.25) is 0 Å². The number of benzene rings is 2. The van der Waals surface area contributed by atoms with Gasteiger partial charge in [0.05, 0.1) is 30.9 Å². The second kappa shape index (κ2) is 9.67. The number of ether oxygens (including phenoxy) is 2. The smallest absolute Gasteiger partial charge is 0.410 e. The third kappa shape index (κ3) is 5.55. The van der Waals surface area contributed by atoms with Gasteiger partial charge in [0, 0.05) is 34.5 Å². The number of halogens is 1. The first-order valence-corrected chi connectivity index (χ1v) is 11.2. The molecule has 0 fully saturated rings. The summed E-state index contributed by atoms with van der Waals surface area (Å²) in [7, 11) is 3.02.